The molecular formula is C9H19NO5. The number of carbonyl (C=O) groups excluding carboxylic acids is 1. The zero-order valence-electron chi connectivity index (χ0n) is 9.03. The van der Waals surface area contributed by atoms with E-state index in [4.69, 9.17) is 19.3 Å². The molecule has 0 spiro atoms. The average molecular weight is 221 g/mol. The van der Waals surface area contributed by atoms with Crippen molar-refractivity contribution in [1.82, 2.24) is 5.32 Å². The molecule has 0 radical (unpaired) electrons. The van der Waals surface area contributed by atoms with Gasteiger partial charge in [-0.15, -0.1) is 0 Å². The largest absolute Gasteiger partial charge is 0.447 e. The summed E-state index contributed by atoms with van der Waals surface area (Å²) < 4.78 is 14.7. The van der Waals surface area contributed by atoms with Crippen LogP contribution in [0.4, 0.5) is 4.79 Å². The second-order valence-electron chi connectivity index (χ2n) is 2.60. The van der Waals surface area contributed by atoms with Crippen LogP contribution in [0.1, 0.15) is 6.92 Å². The van der Waals surface area contributed by atoms with Crippen molar-refractivity contribution in [3.05, 3.63) is 0 Å². The van der Waals surface area contributed by atoms with Crippen molar-refractivity contribution in [3.8, 4) is 0 Å². The van der Waals surface area contributed by atoms with Gasteiger partial charge in [-0.1, -0.05) is 0 Å². The lowest BCUT2D eigenvalue weighted by atomic mass is 10.6. The zero-order valence-corrected chi connectivity index (χ0v) is 9.03. The molecule has 0 heterocycles. The highest BCUT2D eigenvalue weighted by Gasteiger charge is 1.99. The van der Waals surface area contributed by atoms with Crippen LogP contribution in [0.2, 0.25) is 0 Å². The van der Waals surface area contributed by atoms with Gasteiger partial charge in [-0.05, 0) is 6.92 Å². The summed E-state index contributed by atoms with van der Waals surface area (Å²) in [5, 5.41) is 10.9. The Labute approximate surface area is 89.5 Å². The molecule has 0 aliphatic rings. The van der Waals surface area contributed by atoms with Crippen molar-refractivity contribution < 1.29 is 24.1 Å². The average Bonchev–Trinajstić information content (AvgIpc) is 2.24. The van der Waals surface area contributed by atoms with Crippen LogP contribution in [0.5, 0.6) is 0 Å². The number of aliphatic hydroxyl groups is 1. The number of nitrogens with one attached hydrogen (secondary N) is 1. The van der Waals surface area contributed by atoms with Crippen LogP contribution in [0.15, 0.2) is 0 Å². The smallest absolute Gasteiger partial charge is 0.407 e. The first-order valence-electron chi connectivity index (χ1n) is 4.98. The summed E-state index contributed by atoms with van der Waals surface area (Å²) in [5.41, 5.74) is 0. The van der Waals surface area contributed by atoms with E-state index in [1.165, 1.54) is 0 Å². The van der Waals surface area contributed by atoms with E-state index < -0.39 is 6.09 Å². The van der Waals surface area contributed by atoms with Crippen molar-refractivity contribution in [3.63, 3.8) is 0 Å². The van der Waals surface area contributed by atoms with Gasteiger partial charge in [0, 0.05) is 13.2 Å². The quantitative estimate of drug-likeness (QED) is 0.525. The molecule has 0 fully saturated rings. The minimum absolute atomic E-state index is 0.0151. The summed E-state index contributed by atoms with van der Waals surface area (Å²) in [6, 6.07) is 0. The molecule has 90 valence electrons. The van der Waals surface area contributed by atoms with Gasteiger partial charge in [-0.2, -0.15) is 0 Å². The Morgan fingerprint density at radius 1 is 1.20 bits per heavy atom. The fraction of sp³-hybridized carbons (Fsp3) is 0.889. The van der Waals surface area contributed by atoms with Gasteiger partial charge in [0.1, 0.15) is 6.61 Å². The Hall–Kier alpha value is -0.850. The first kappa shape index (κ1) is 14.2. The van der Waals surface area contributed by atoms with Gasteiger partial charge >= 0.3 is 6.09 Å². The first-order valence-corrected chi connectivity index (χ1v) is 4.98. The SMILES string of the molecule is CCOCCOC(=O)NCCOCCO. The van der Waals surface area contributed by atoms with E-state index in [1.807, 2.05) is 6.92 Å². The number of hydrogen-bond acceptors (Lipinski definition) is 5. The number of ether oxygens (including phenoxy) is 3. The molecule has 0 bridgehead atoms. The lowest BCUT2D eigenvalue weighted by molar-refractivity contribution is 0.0730. The van der Waals surface area contributed by atoms with Gasteiger partial charge in [0.2, 0.25) is 0 Å². The number of aliphatic hydroxyl groups excluding tert-OH is 1. The van der Waals surface area contributed by atoms with E-state index in [9.17, 15) is 4.79 Å². The Kier molecular flexibility index (Phi) is 10.6. The van der Waals surface area contributed by atoms with Crippen LogP contribution in [0, 0.1) is 0 Å². The molecule has 0 aromatic carbocycles. The molecule has 0 aliphatic heterocycles. The Bertz CT molecular complexity index is 153. The van der Waals surface area contributed by atoms with Gasteiger partial charge in [-0.25, -0.2) is 4.79 Å². The van der Waals surface area contributed by atoms with Crippen LogP contribution in [0.25, 0.3) is 0 Å². The third-order valence-electron chi connectivity index (χ3n) is 1.42. The van der Waals surface area contributed by atoms with Gasteiger partial charge in [0.25, 0.3) is 0 Å². The van der Waals surface area contributed by atoms with E-state index >= 15 is 0 Å². The van der Waals surface area contributed by atoms with Crippen LogP contribution < -0.4 is 5.32 Å². The van der Waals surface area contributed by atoms with Crippen molar-refractivity contribution in [2.24, 2.45) is 0 Å². The van der Waals surface area contributed by atoms with Gasteiger partial charge in [0.15, 0.2) is 0 Å². The summed E-state index contributed by atoms with van der Waals surface area (Å²) in [7, 11) is 0. The molecule has 0 aromatic heterocycles. The van der Waals surface area contributed by atoms with Crippen LogP contribution in [-0.2, 0) is 14.2 Å². The summed E-state index contributed by atoms with van der Waals surface area (Å²) in [6.07, 6.45) is -0.484. The van der Waals surface area contributed by atoms with Gasteiger partial charge < -0.3 is 24.6 Å². The molecule has 0 saturated carbocycles. The van der Waals surface area contributed by atoms with Crippen molar-refractivity contribution in [1.29, 1.82) is 0 Å². The maximum atomic E-state index is 10.9. The van der Waals surface area contributed by atoms with Crippen LogP contribution in [-0.4, -0.2) is 57.4 Å². The summed E-state index contributed by atoms with van der Waals surface area (Å²) in [6.45, 7) is 4.13. The Morgan fingerprint density at radius 3 is 2.67 bits per heavy atom. The number of carbonyl (C=O) groups is 1. The Balaban J connectivity index is 3.11. The molecule has 15 heavy (non-hydrogen) atoms. The molecule has 0 aromatic rings. The topological polar surface area (TPSA) is 77.0 Å². The summed E-state index contributed by atoms with van der Waals surface area (Å²) in [5.74, 6) is 0. The van der Waals surface area contributed by atoms with E-state index in [0.717, 1.165) is 0 Å². The molecule has 2 N–H and O–H groups in total. The monoisotopic (exact) mass is 221 g/mol. The van der Waals surface area contributed by atoms with E-state index in [0.29, 0.717) is 26.4 Å². The number of rotatable bonds is 9. The molecule has 1 amide bonds. The second-order valence-corrected chi connectivity index (χ2v) is 2.60. The normalized spacial score (nSPS) is 10.0. The van der Waals surface area contributed by atoms with Crippen LogP contribution in [0.3, 0.4) is 0 Å². The zero-order chi connectivity index (χ0) is 11.4. The standard InChI is InChI=1S/C9H19NO5/c1-2-13-7-8-15-9(12)10-3-5-14-6-4-11/h11H,2-8H2,1H3,(H,10,12). The first-order chi connectivity index (χ1) is 7.31. The molecular weight excluding hydrogens is 202 g/mol. The molecule has 0 atom stereocenters. The number of amides is 1. The highest BCUT2D eigenvalue weighted by molar-refractivity contribution is 5.66. The number of hydrogen-bond donors (Lipinski definition) is 2. The lowest BCUT2D eigenvalue weighted by Gasteiger charge is -2.06. The highest BCUT2D eigenvalue weighted by Crippen LogP contribution is 1.80. The van der Waals surface area contributed by atoms with Crippen molar-refractivity contribution in [2.75, 3.05) is 46.2 Å². The maximum Gasteiger partial charge on any atom is 0.407 e. The Morgan fingerprint density at radius 2 is 2.00 bits per heavy atom. The number of alkyl carbamates (subject to hydrolysis) is 1. The van der Waals surface area contributed by atoms with Crippen molar-refractivity contribution >= 4 is 6.09 Å². The molecule has 0 saturated heterocycles. The summed E-state index contributed by atoms with van der Waals surface area (Å²) in [4.78, 5) is 10.9. The van der Waals surface area contributed by atoms with Gasteiger partial charge in [0.05, 0.1) is 26.4 Å². The molecule has 6 nitrogen and oxygen atoms in total. The molecule has 6 heteroatoms. The maximum absolute atomic E-state index is 10.9. The second kappa shape index (κ2) is 11.2. The van der Waals surface area contributed by atoms with Gasteiger partial charge in [-0.3, -0.25) is 0 Å². The van der Waals surface area contributed by atoms with Crippen molar-refractivity contribution in [2.45, 2.75) is 6.92 Å². The third kappa shape index (κ3) is 11.1. The fourth-order valence-electron chi connectivity index (χ4n) is 0.781. The molecule has 0 unspecified atom stereocenters. The summed E-state index contributed by atoms with van der Waals surface area (Å²) >= 11 is 0. The molecule has 0 rings (SSSR count). The van der Waals surface area contributed by atoms with Crippen LogP contribution >= 0.6 is 0 Å². The predicted octanol–water partition coefficient (Wildman–Crippen LogP) is -0.242. The fourth-order valence-corrected chi connectivity index (χ4v) is 0.781. The predicted molar refractivity (Wildman–Crippen MR) is 53.7 cm³/mol. The van der Waals surface area contributed by atoms with E-state index in [-0.39, 0.29) is 19.8 Å². The highest BCUT2D eigenvalue weighted by atomic mass is 16.6. The minimum Gasteiger partial charge on any atom is -0.447 e. The van der Waals surface area contributed by atoms with E-state index in [2.05, 4.69) is 5.32 Å². The third-order valence-corrected chi connectivity index (χ3v) is 1.42. The molecule has 0 aliphatic carbocycles. The van der Waals surface area contributed by atoms with E-state index in [1.54, 1.807) is 0 Å². The minimum atomic E-state index is -0.484. The lowest BCUT2D eigenvalue weighted by Crippen LogP contribution is -2.29.